The molecular weight excluding hydrogens is 284 g/mol. The van der Waals surface area contributed by atoms with Crippen LogP contribution in [0, 0.1) is 11.3 Å². The minimum atomic E-state index is -0.588. The van der Waals surface area contributed by atoms with Gasteiger partial charge >= 0.3 is 0 Å². The molecule has 0 bridgehead atoms. The molecule has 22 heavy (non-hydrogen) atoms. The molecule has 7 nitrogen and oxygen atoms in total. The number of hydrazone groups is 1. The fourth-order valence-corrected chi connectivity index (χ4v) is 2.12. The maximum atomic E-state index is 12.4. The summed E-state index contributed by atoms with van der Waals surface area (Å²) < 4.78 is 1.51. The van der Waals surface area contributed by atoms with E-state index in [1.807, 2.05) is 6.92 Å². The zero-order chi connectivity index (χ0) is 16.1. The van der Waals surface area contributed by atoms with Crippen molar-refractivity contribution in [2.45, 2.75) is 19.9 Å². The molecule has 2 N–H and O–H groups in total. The van der Waals surface area contributed by atoms with Crippen molar-refractivity contribution in [2.75, 3.05) is 0 Å². The Morgan fingerprint density at radius 2 is 2.23 bits per heavy atom. The number of nitrogens with one attached hydrogen (secondary N) is 1. The van der Waals surface area contributed by atoms with Crippen molar-refractivity contribution in [3.8, 4) is 11.8 Å². The van der Waals surface area contributed by atoms with E-state index in [2.05, 4.69) is 10.5 Å². The third kappa shape index (κ3) is 2.81. The Morgan fingerprint density at radius 3 is 2.91 bits per heavy atom. The Hall–Kier alpha value is -3.14. The number of benzene rings is 1. The summed E-state index contributed by atoms with van der Waals surface area (Å²) in [7, 11) is 0. The van der Waals surface area contributed by atoms with Gasteiger partial charge in [0.2, 0.25) is 0 Å². The second-order valence-corrected chi connectivity index (χ2v) is 4.46. The standard InChI is InChI=1S/C15H14N4O3/c1-2-19-12-6-4-3-5-10(12)14(21)11(15(19)22)9-17-18-13(20)7-8-16/h3-6,9,21H,2,7H2,1H3,(H,18,20)/b17-9-. The highest BCUT2D eigenvalue weighted by Crippen LogP contribution is 2.25. The van der Waals surface area contributed by atoms with Crippen molar-refractivity contribution in [1.29, 1.82) is 5.26 Å². The monoisotopic (exact) mass is 298 g/mol. The predicted octanol–water partition coefficient (Wildman–Crippen LogP) is 1.09. The molecule has 0 unspecified atom stereocenters. The maximum Gasteiger partial charge on any atom is 0.263 e. The van der Waals surface area contributed by atoms with E-state index < -0.39 is 11.5 Å². The van der Waals surface area contributed by atoms with Crippen LogP contribution in [-0.4, -0.2) is 21.8 Å². The normalized spacial score (nSPS) is 10.7. The van der Waals surface area contributed by atoms with Crippen LogP contribution in [0.5, 0.6) is 5.75 Å². The van der Waals surface area contributed by atoms with Crippen molar-refractivity contribution in [3.63, 3.8) is 0 Å². The summed E-state index contributed by atoms with van der Waals surface area (Å²) in [6.45, 7) is 2.25. The second-order valence-electron chi connectivity index (χ2n) is 4.46. The van der Waals surface area contributed by atoms with E-state index in [0.29, 0.717) is 17.4 Å². The number of pyridine rings is 1. The minimum Gasteiger partial charge on any atom is -0.506 e. The number of carbonyl (C=O) groups is 1. The highest BCUT2D eigenvalue weighted by atomic mass is 16.3. The average Bonchev–Trinajstić information content (AvgIpc) is 2.51. The third-order valence-corrected chi connectivity index (χ3v) is 3.12. The topological polar surface area (TPSA) is 107 Å². The predicted molar refractivity (Wildman–Crippen MR) is 81.5 cm³/mol. The van der Waals surface area contributed by atoms with Crippen LogP contribution in [0.1, 0.15) is 18.9 Å². The van der Waals surface area contributed by atoms with E-state index >= 15 is 0 Å². The molecule has 1 heterocycles. The molecule has 0 saturated heterocycles. The van der Waals surface area contributed by atoms with Crippen LogP contribution in [-0.2, 0) is 11.3 Å². The van der Waals surface area contributed by atoms with Gasteiger partial charge in [-0.3, -0.25) is 9.59 Å². The van der Waals surface area contributed by atoms with Crippen molar-refractivity contribution < 1.29 is 9.90 Å². The van der Waals surface area contributed by atoms with E-state index in [4.69, 9.17) is 5.26 Å². The lowest BCUT2D eigenvalue weighted by molar-refractivity contribution is -0.120. The smallest absolute Gasteiger partial charge is 0.263 e. The summed E-state index contributed by atoms with van der Waals surface area (Å²) in [6.07, 6.45) is 0.756. The van der Waals surface area contributed by atoms with Crippen molar-refractivity contribution in [3.05, 3.63) is 40.2 Å². The molecule has 7 heteroatoms. The molecule has 2 aromatic rings. The molecule has 1 amide bonds. The Bertz CT molecular complexity index is 846. The lowest BCUT2D eigenvalue weighted by atomic mass is 10.1. The van der Waals surface area contributed by atoms with Gasteiger partial charge in [0.25, 0.3) is 11.5 Å². The quantitative estimate of drug-likeness (QED) is 0.650. The number of amides is 1. The SMILES string of the molecule is CCn1c(=O)c(/C=N\NC(=O)CC#N)c(O)c2ccccc21. The first kappa shape index (κ1) is 15.3. The van der Waals surface area contributed by atoms with Crippen molar-refractivity contribution >= 4 is 23.0 Å². The Labute approximate surface area is 126 Å². The van der Waals surface area contributed by atoms with E-state index in [9.17, 15) is 14.7 Å². The van der Waals surface area contributed by atoms with Gasteiger partial charge in [-0.2, -0.15) is 10.4 Å². The van der Waals surface area contributed by atoms with Gasteiger partial charge in [0.05, 0.1) is 17.8 Å². The summed E-state index contributed by atoms with van der Waals surface area (Å²) in [5.74, 6) is -0.779. The van der Waals surface area contributed by atoms with Crippen molar-refractivity contribution in [2.24, 2.45) is 5.10 Å². The van der Waals surface area contributed by atoms with Crippen LogP contribution in [0.15, 0.2) is 34.2 Å². The van der Waals surface area contributed by atoms with Gasteiger partial charge in [-0.25, -0.2) is 5.43 Å². The number of rotatable bonds is 4. The van der Waals surface area contributed by atoms with Gasteiger partial charge < -0.3 is 9.67 Å². The molecule has 0 aliphatic carbocycles. The van der Waals surface area contributed by atoms with Crippen LogP contribution in [0.3, 0.4) is 0 Å². The first-order valence-corrected chi connectivity index (χ1v) is 6.63. The molecule has 0 radical (unpaired) electrons. The lowest BCUT2D eigenvalue weighted by Crippen LogP contribution is -2.24. The molecule has 0 aliphatic rings. The van der Waals surface area contributed by atoms with Gasteiger partial charge in [-0.1, -0.05) is 12.1 Å². The Morgan fingerprint density at radius 1 is 1.50 bits per heavy atom. The van der Waals surface area contributed by atoms with Crippen molar-refractivity contribution in [1.82, 2.24) is 9.99 Å². The Balaban J connectivity index is 2.51. The van der Waals surface area contributed by atoms with Gasteiger partial charge in [0, 0.05) is 11.9 Å². The minimum absolute atomic E-state index is 0.0159. The summed E-state index contributed by atoms with van der Waals surface area (Å²) in [5, 5.41) is 22.8. The fourth-order valence-electron chi connectivity index (χ4n) is 2.12. The second kappa shape index (κ2) is 6.54. The summed E-state index contributed by atoms with van der Waals surface area (Å²) >= 11 is 0. The zero-order valence-corrected chi connectivity index (χ0v) is 11.9. The molecule has 1 aromatic carbocycles. The van der Waals surface area contributed by atoms with E-state index in [-0.39, 0.29) is 17.7 Å². The molecule has 112 valence electrons. The van der Waals surface area contributed by atoms with Crippen LogP contribution in [0.25, 0.3) is 10.9 Å². The van der Waals surface area contributed by atoms with Gasteiger partial charge in [-0.05, 0) is 19.1 Å². The van der Waals surface area contributed by atoms with Crippen LogP contribution in [0.4, 0.5) is 0 Å². The molecular formula is C15H14N4O3. The summed E-state index contributed by atoms with van der Waals surface area (Å²) in [6, 6.07) is 8.66. The van der Waals surface area contributed by atoms with Crippen LogP contribution in [0.2, 0.25) is 0 Å². The largest absolute Gasteiger partial charge is 0.506 e. The number of aryl methyl sites for hydroxylation is 1. The highest BCUT2D eigenvalue weighted by Gasteiger charge is 2.13. The number of nitriles is 1. The van der Waals surface area contributed by atoms with Crippen LogP contribution >= 0.6 is 0 Å². The molecule has 0 fully saturated rings. The number of aromatic hydroxyl groups is 1. The van der Waals surface area contributed by atoms with E-state index in [1.54, 1.807) is 30.3 Å². The number of hydrogen-bond acceptors (Lipinski definition) is 5. The number of hydrogen-bond donors (Lipinski definition) is 2. The van der Waals surface area contributed by atoms with E-state index in [1.165, 1.54) is 4.57 Å². The molecule has 1 aromatic heterocycles. The zero-order valence-electron chi connectivity index (χ0n) is 11.9. The number of aromatic nitrogens is 1. The highest BCUT2D eigenvalue weighted by molar-refractivity contribution is 5.95. The summed E-state index contributed by atoms with van der Waals surface area (Å²) in [4.78, 5) is 23.5. The van der Waals surface area contributed by atoms with Gasteiger partial charge in [0.15, 0.2) is 0 Å². The lowest BCUT2D eigenvalue weighted by Gasteiger charge is -2.11. The number of fused-ring (bicyclic) bond motifs is 1. The first-order chi connectivity index (χ1) is 10.6. The molecule has 0 spiro atoms. The fraction of sp³-hybridized carbons (Fsp3) is 0.200. The van der Waals surface area contributed by atoms with Gasteiger partial charge in [0.1, 0.15) is 17.7 Å². The molecule has 0 aliphatic heterocycles. The molecule has 0 saturated carbocycles. The number of carbonyl (C=O) groups excluding carboxylic acids is 1. The molecule has 2 rings (SSSR count). The third-order valence-electron chi connectivity index (χ3n) is 3.12. The average molecular weight is 298 g/mol. The van der Waals surface area contributed by atoms with Crippen LogP contribution < -0.4 is 11.0 Å². The van der Waals surface area contributed by atoms with E-state index in [0.717, 1.165) is 6.21 Å². The summed E-state index contributed by atoms with van der Waals surface area (Å²) in [5.41, 5.74) is 2.32. The maximum absolute atomic E-state index is 12.4. The molecule has 0 atom stereocenters. The number of nitrogens with zero attached hydrogens (tertiary/aromatic N) is 3. The first-order valence-electron chi connectivity index (χ1n) is 6.63. The Kier molecular flexibility index (Phi) is 4.53. The number of para-hydroxylation sites is 1. The van der Waals surface area contributed by atoms with Gasteiger partial charge in [-0.15, -0.1) is 0 Å².